The molecule has 1 N–H and O–H groups in total. The fraction of sp³-hybridized carbons (Fsp3) is 0.353. The number of aliphatic hydroxyl groups is 1. The lowest BCUT2D eigenvalue weighted by Crippen LogP contribution is -2.46. The summed E-state index contributed by atoms with van der Waals surface area (Å²) in [5.41, 5.74) is 0. The van der Waals surface area contributed by atoms with E-state index in [1.807, 2.05) is 25.1 Å². The van der Waals surface area contributed by atoms with Crippen LogP contribution in [0.25, 0.3) is 0 Å². The third-order valence-corrected chi connectivity index (χ3v) is 3.78. The highest BCUT2D eigenvalue weighted by Gasteiger charge is 2.35. The van der Waals surface area contributed by atoms with Crippen molar-refractivity contribution in [1.29, 1.82) is 0 Å². The Kier molecular flexibility index (Phi) is 4.64. The maximum atomic E-state index is 12.6. The maximum absolute atomic E-state index is 12.6. The average molecular weight is 317 g/mol. The molecule has 23 heavy (non-hydrogen) atoms. The van der Waals surface area contributed by atoms with Gasteiger partial charge in [0.2, 0.25) is 0 Å². The summed E-state index contributed by atoms with van der Waals surface area (Å²) in [6.07, 6.45) is -0.672. The fourth-order valence-electron chi connectivity index (χ4n) is 2.59. The predicted octanol–water partition coefficient (Wildman–Crippen LogP) is 2.29. The number of nitrogens with zero attached hydrogens (tertiary/aromatic N) is 1. The summed E-state index contributed by atoms with van der Waals surface area (Å²) in [6.45, 7) is 2.89. The van der Waals surface area contributed by atoms with Crippen LogP contribution in [0.1, 0.15) is 17.5 Å². The second-order valence-electron chi connectivity index (χ2n) is 5.30. The predicted molar refractivity (Wildman–Crippen MR) is 82.5 cm³/mol. The summed E-state index contributed by atoms with van der Waals surface area (Å²) >= 11 is 0. The van der Waals surface area contributed by atoms with Crippen molar-refractivity contribution in [3.8, 4) is 11.7 Å². The van der Waals surface area contributed by atoms with Gasteiger partial charge in [0.15, 0.2) is 5.76 Å². The molecule has 0 saturated carbocycles. The number of carbonyl (C=O) groups excluding carboxylic acids is 1. The molecule has 3 rings (SSSR count). The second-order valence-corrected chi connectivity index (χ2v) is 5.30. The standard InChI is InChI=1S/C17H19NO5/c1-2-18(13-10-21-11-14(13)19)17(20)15-8-9-16(23-15)22-12-6-4-3-5-7-12/h3-9,13-14,19H,2,10-11H2,1H3/t13-,14-/m1/s1. The normalized spacial score (nSPS) is 20.4. The Bertz CT molecular complexity index is 654. The molecule has 1 aromatic carbocycles. The van der Waals surface area contributed by atoms with E-state index in [4.69, 9.17) is 13.9 Å². The van der Waals surface area contributed by atoms with Crippen molar-refractivity contribution in [2.45, 2.75) is 19.1 Å². The summed E-state index contributed by atoms with van der Waals surface area (Å²) in [6, 6.07) is 12.0. The van der Waals surface area contributed by atoms with Crippen LogP contribution in [0.15, 0.2) is 46.9 Å². The SMILES string of the molecule is CCN(C(=O)c1ccc(Oc2ccccc2)o1)[C@@H]1COC[C@H]1O. The third kappa shape index (κ3) is 3.38. The van der Waals surface area contributed by atoms with Crippen LogP contribution in [0.5, 0.6) is 11.7 Å². The molecular formula is C17H19NO5. The first-order valence-electron chi connectivity index (χ1n) is 7.58. The zero-order chi connectivity index (χ0) is 16.2. The number of aliphatic hydroxyl groups excluding tert-OH is 1. The first-order valence-corrected chi connectivity index (χ1v) is 7.58. The minimum absolute atomic E-state index is 0.178. The van der Waals surface area contributed by atoms with Gasteiger partial charge < -0.3 is 23.9 Å². The molecule has 1 aliphatic rings. The van der Waals surface area contributed by atoms with Crippen molar-refractivity contribution in [2.24, 2.45) is 0 Å². The van der Waals surface area contributed by atoms with Gasteiger partial charge in [-0.1, -0.05) is 18.2 Å². The van der Waals surface area contributed by atoms with Gasteiger partial charge in [-0.2, -0.15) is 0 Å². The Morgan fingerprint density at radius 3 is 2.70 bits per heavy atom. The number of carbonyl (C=O) groups is 1. The lowest BCUT2D eigenvalue weighted by Gasteiger charge is -2.27. The summed E-state index contributed by atoms with van der Waals surface area (Å²) in [7, 11) is 0. The van der Waals surface area contributed by atoms with E-state index >= 15 is 0 Å². The number of furan rings is 1. The lowest BCUT2D eigenvalue weighted by atomic mass is 10.1. The number of likely N-dealkylation sites (N-methyl/N-ethyl adjacent to an activating group) is 1. The molecule has 2 aromatic rings. The van der Waals surface area contributed by atoms with Crippen molar-refractivity contribution < 1.29 is 23.8 Å². The van der Waals surface area contributed by atoms with Gasteiger partial charge in [-0.15, -0.1) is 0 Å². The number of rotatable bonds is 5. The lowest BCUT2D eigenvalue weighted by molar-refractivity contribution is 0.0488. The molecule has 122 valence electrons. The highest BCUT2D eigenvalue weighted by molar-refractivity contribution is 5.92. The van der Waals surface area contributed by atoms with Gasteiger partial charge in [-0.05, 0) is 25.1 Å². The summed E-state index contributed by atoms with van der Waals surface area (Å²) in [5.74, 6) is 0.772. The molecule has 1 aromatic heterocycles. The average Bonchev–Trinajstić information content (AvgIpc) is 3.19. The van der Waals surface area contributed by atoms with Crippen LogP contribution >= 0.6 is 0 Å². The molecule has 1 amide bonds. The van der Waals surface area contributed by atoms with E-state index in [9.17, 15) is 9.90 Å². The number of hydrogen-bond acceptors (Lipinski definition) is 5. The van der Waals surface area contributed by atoms with Crippen molar-refractivity contribution in [3.05, 3.63) is 48.2 Å². The smallest absolute Gasteiger partial charge is 0.290 e. The molecule has 2 atom stereocenters. The minimum atomic E-state index is -0.672. The monoisotopic (exact) mass is 317 g/mol. The largest absolute Gasteiger partial charge is 0.426 e. The first-order chi connectivity index (χ1) is 11.2. The van der Waals surface area contributed by atoms with Crippen LogP contribution < -0.4 is 4.74 Å². The Morgan fingerprint density at radius 2 is 2.04 bits per heavy atom. The van der Waals surface area contributed by atoms with Crippen molar-refractivity contribution in [2.75, 3.05) is 19.8 Å². The quantitative estimate of drug-likeness (QED) is 0.916. The topological polar surface area (TPSA) is 72.1 Å². The minimum Gasteiger partial charge on any atom is -0.426 e. The Morgan fingerprint density at radius 1 is 1.26 bits per heavy atom. The molecule has 0 unspecified atom stereocenters. The van der Waals surface area contributed by atoms with Crippen LogP contribution in [-0.2, 0) is 4.74 Å². The van der Waals surface area contributed by atoms with E-state index in [-0.39, 0.29) is 30.3 Å². The second kappa shape index (κ2) is 6.85. The van der Waals surface area contributed by atoms with E-state index in [2.05, 4.69) is 0 Å². The molecule has 2 heterocycles. The van der Waals surface area contributed by atoms with E-state index in [0.717, 1.165) is 0 Å². The number of benzene rings is 1. The molecule has 0 bridgehead atoms. The van der Waals surface area contributed by atoms with Crippen LogP contribution in [0, 0.1) is 0 Å². The van der Waals surface area contributed by atoms with Crippen LogP contribution in [0.2, 0.25) is 0 Å². The van der Waals surface area contributed by atoms with Crippen LogP contribution in [0.3, 0.4) is 0 Å². The Hall–Kier alpha value is -2.31. The van der Waals surface area contributed by atoms with Gasteiger partial charge in [0.1, 0.15) is 5.75 Å². The maximum Gasteiger partial charge on any atom is 0.290 e. The zero-order valence-corrected chi connectivity index (χ0v) is 12.8. The van der Waals surface area contributed by atoms with Gasteiger partial charge in [0.25, 0.3) is 11.9 Å². The molecule has 0 radical (unpaired) electrons. The molecule has 1 aliphatic heterocycles. The molecule has 6 nitrogen and oxygen atoms in total. The summed E-state index contributed by atoms with van der Waals surface area (Å²) in [4.78, 5) is 14.1. The highest BCUT2D eigenvalue weighted by Crippen LogP contribution is 2.25. The molecule has 1 fully saturated rings. The molecular weight excluding hydrogens is 298 g/mol. The van der Waals surface area contributed by atoms with Gasteiger partial charge in [-0.25, -0.2) is 0 Å². The zero-order valence-electron chi connectivity index (χ0n) is 12.8. The first kappa shape index (κ1) is 15.6. The number of ether oxygens (including phenoxy) is 2. The number of para-hydroxylation sites is 1. The Balaban J connectivity index is 1.72. The van der Waals surface area contributed by atoms with Gasteiger partial charge in [0, 0.05) is 12.6 Å². The molecule has 0 aliphatic carbocycles. The summed E-state index contributed by atoms with van der Waals surface area (Å²) in [5, 5.41) is 9.91. The summed E-state index contributed by atoms with van der Waals surface area (Å²) < 4.78 is 16.3. The number of hydrogen-bond donors (Lipinski definition) is 1. The van der Waals surface area contributed by atoms with Crippen LogP contribution in [-0.4, -0.2) is 47.8 Å². The molecule has 1 saturated heterocycles. The fourth-order valence-corrected chi connectivity index (χ4v) is 2.59. The van der Waals surface area contributed by atoms with E-state index in [1.165, 1.54) is 0 Å². The molecule has 0 spiro atoms. The van der Waals surface area contributed by atoms with E-state index in [0.29, 0.717) is 18.9 Å². The van der Waals surface area contributed by atoms with E-state index < -0.39 is 6.10 Å². The van der Waals surface area contributed by atoms with Gasteiger partial charge in [0.05, 0.1) is 25.4 Å². The van der Waals surface area contributed by atoms with Crippen LogP contribution in [0.4, 0.5) is 0 Å². The number of amides is 1. The van der Waals surface area contributed by atoms with Gasteiger partial charge >= 0.3 is 0 Å². The Labute approximate surface area is 134 Å². The third-order valence-electron chi connectivity index (χ3n) is 3.78. The van der Waals surface area contributed by atoms with Crippen molar-refractivity contribution in [3.63, 3.8) is 0 Å². The highest BCUT2D eigenvalue weighted by atomic mass is 16.6. The van der Waals surface area contributed by atoms with Crippen molar-refractivity contribution >= 4 is 5.91 Å². The van der Waals surface area contributed by atoms with E-state index in [1.54, 1.807) is 29.2 Å². The van der Waals surface area contributed by atoms with Crippen molar-refractivity contribution in [1.82, 2.24) is 4.90 Å². The van der Waals surface area contributed by atoms with Gasteiger partial charge in [-0.3, -0.25) is 4.79 Å². The molecule has 6 heteroatoms.